The number of rotatable bonds is 8. The fourth-order valence-electron chi connectivity index (χ4n) is 6.77. The molecule has 0 unspecified atom stereocenters. The highest BCUT2D eigenvalue weighted by atomic mass is 79.9. The maximum Gasteiger partial charge on any atom is 0.310 e. The lowest BCUT2D eigenvalue weighted by Gasteiger charge is -2.16. The number of methoxy groups -OCH3 is 1. The number of carboxylic acids is 1. The van der Waals surface area contributed by atoms with Gasteiger partial charge in [-0.15, -0.1) is 0 Å². The number of carbonyl (C=O) groups is 2. The molecule has 2 heterocycles. The molecule has 0 amide bonds. The van der Waals surface area contributed by atoms with Crippen molar-refractivity contribution in [1.82, 2.24) is 0 Å². The number of furan rings is 2. The van der Waals surface area contributed by atoms with E-state index in [0.717, 1.165) is 55.7 Å². The molecule has 2 atom stereocenters. The Morgan fingerprint density at radius 2 is 1.22 bits per heavy atom. The van der Waals surface area contributed by atoms with Crippen molar-refractivity contribution in [3.63, 3.8) is 0 Å². The summed E-state index contributed by atoms with van der Waals surface area (Å²) >= 11 is 6.94. The van der Waals surface area contributed by atoms with Crippen LogP contribution in [-0.4, -0.2) is 24.2 Å². The van der Waals surface area contributed by atoms with E-state index in [0.29, 0.717) is 45.8 Å². The van der Waals surface area contributed by atoms with Gasteiger partial charge in [-0.05, 0) is 85.3 Å². The monoisotopic (exact) mass is 822 g/mol. The number of carbonyl (C=O) groups excluding carboxylic acids is 1. The van der Waals surface area contributed by atoms with Crippen LogP contribution in [0.1, 0.15) is 58.4 Å². The number of halogens is 4. The maximum atomic E-state index is 14.3. The highest BCUT2D eigenvalue weighted by molar-refractivity contribution is 9.10. The Hall–Kier alpha value is -4.68. The molecule has 0 saturated carbocycles. The Bertz CT molecular complexity index is 2290. The predicted octanol–water partition coefficient (Wildman–Crippen LogP) is 10.1. The summed E-state index contributed by atoms with van der Waals surface area (Å²) in [5, 5.41) is 10.5. The molecule has 1 N–H and O–H groups in total. The van der Waals surface area contributed by atoms with E-state index in [1.807, 2.05) is 12.1 Å². The molecule has 0 spiro atoms. The summed E-state index contributed by atoms with van der Waals surface area (Å²) in [4.78, 5) is 22.3. The Labute approximate surface area is 307 Å². The van der Waals surface area contributed by atoms with Crippen molar-refractivity contribution in [2.24, 2.45) is 0 Å². The van der Waals surface area contributed by atoms with E-state index in [9.17, 15) is 18.4 Å². The third-order valence-corrected chi connectivity index (χ3v) is 10.7. The fraction of sp³-hybridized carbons (Fsp3) is 0.231. The van der Waals surface area contributed by atoms with E-state index in [-0.39, 0.29) is 42.7 Å². The second kappa shape index (κ2) is 14.5. The summed E-state index contributed by atoms with van der Waals surface area (Å²) in [5.41, 5.74) is 5.69. The third kappa shape index (κ3) is 7.12. The summed E-state index contributed by atoms with van der Waals surface area (Å²) in [7, 11) is 1.35. The fourth-order valence-corrected chi connectivity index (χ4v) is 7.85. The first-order valence-corrected chi connectivity index (χ1v) is 17.7. The number of aliphatic carboxylic acids is 1. The molecule has 0 fully saturated rings. The molecule has 8 nitrogen and oxygen atoms in total. The molecule has 4 aromatic carbocycles. The van der Waals surface area contributed by atoms with Crippen LogP contribution in [0.4, 0.5) is 8.78 Å². The van der Waals surface area contributed by atoms with Gasteiger partial charge in [0.05, 0.1) is 32.5 Å². The lowest BCUT2D eigenvalue weighted by atomic mass is 10.1. The first-order chi connectivity index (χ1) is 24.6. The van der Waals surface area contributed by atoms with Crippen molar-refractivity contribution in [2.75, 3.05) is 7.11 Å². The largest absolute Gasteiger partial charge is 0.485 e. The van der Waals surface area contributed by atoms with Gasteiger partial charge >= 0.3 is 11.9 Å². The van der Waals surface area contributed by atoms with Gasteiger partial charge in [-0.3, -0.25) is 9.59 Å². The highest BCUT2D eigenvalue weighted by Crippen LogP contribution is 2.42. The lowest BCUT2D eigenvalue weighted by Crippen LogP contribution is -2.06. The van der Waals surface area contributed by atoms with Crippen LogP contribution in [0.3, 0.4) is 0 Å². The summed E-state index contributed by atoms with van der Waals surface area (Å²) < 4.78 is 58.0. The topological polar surface area (TPSA) is 108 Å². The van der Waals surface area contributed by atoms with Crippen molar-refractivity contribution in [2.45, 2.75) is 50.7 Å². The van der Waals surface area contributed by atoms with Crippen LogP contribution < -0.4 is 9.47 Å². The van der Waals surface area contributed by atoms with Gasteiger partial charge in [0.1, 0.15) is 46.5 Å². The molecule has 0 radical (unpaired) electrons. The van der Waals surface area contributed by atoms with Crippen LogP contribution in [0.15, 0.2) is 91.0 Å². The van der Waals surface area contributed by atoms with Crippen molar-refractivity contribution in [3.05, 3.63) is 127 Å². The molecule has 51 heavy (non-hydrogen) atoms. The SMILES string of the molecule is COC(=O)Cc1coc2cc(O[C@@H]3CCc4c(Br)ccc(F)c43)ccc12.O=C(O)Cc1coc2cc(O[C@@H]3CCc4c(Br)ccc(F)c43)ccc12. The van der Waals surface area contributed by atoms with E-state index < -0.39 is 5.97 Å². The number of fused-ring (bicyclic) bond motifs is 4. The van der Waals surface area contributed by atoms with E-state index in [1.165, 1.54) is 25.5 Å². The summed E-state index contributed by atoms with van der Waals surface area (Å²) in [6, 6.07) is 17.0. The molecule has 2 aliphatic carbocycles. The predicted molar refractivity (Wildman–Crippen MR) is 191 cm³/mol. The molecule has 12 heteroatoms. The van der Waals surface area contributed by atoms with Gasteiger partial charge in [-0.25, -0.2) is 8.78 Å². The number of benzene rings is 4. The number of hydrogen-bond acceptors (Lipinski definition) is 7. The van der Waals surface area contributed by atoms with Gasteiger partial charge in [-0.1, -0.05) is 31.9 Å². The third-order valence-electron chi connectivity index (χ3n) is 9.17. The molecule has 0 bridgehead atoms. The molecule has 2 aliphatic rings. The molecule has 262 valence electrons. The number of hydrogen-bond donors (Lipinski definition) is 1. The Balaban J connectivity index is 0.000000159. The Morgan fingerprint density at radius 3 is 1.67 bits per heavy atom. The highest BCUT2D eigenvalue weighted by Gasteiger charge is 2.31. The van der Waals surface area contributed by atoms with E-state index in [4.69, 9.17) is 28.2 Å². The average Bonchev–Trinajstić information content (AvgIpc) is 3.91. The van der Waals surface area contributed by atoms with Crippen LogP contribution in [-0.2, 0) is 40.0 Å². The van der Waals surface area contributed by atoms with Crippen LogP contribution >= 0.6 is 31.9 Å². The normalized spacial score (nSPS) is 16.0. The summed E-state index contributed by atoms with van der Waals surface area (Å²) in [6.07, 6.45) is 5.32. The molecule has 0 saturated heterocycles. The minimum Gasteiger partial charge on any atom is -0.485 e. The first kappa shape index (κ1) is 34.8. The number of carboxylic acid groups (broad SMARTS) is 1. The van der Waals surface area contributed by atoms with Gasteiger partial charge in [0.15, 0.2) is 0 Å². The molecular weight excluding hydrogens is 794 g/mol. The molecular formula is C39H30Br2F2O8. The minimum absolute atomic E-state index is 0.0948. The first-order valence-electron chi connectivity index (χ1n) is 16.1. The Kier molecular flexibility index (Phi) is 9.89. The van der Waals surface area contributed by atoms with Crippen molar-refractivity contribution in [3.8, 4) is 11.5 Å². The van der Waals surface area contributed by atoms with Gasteiger partial charge < -0.3 is 28.2 Å². The van der Waals surface area contributed by atoms with E-state index >= 15 is 0 Å². The van der Waals surface area contributed by atoms with Gasteiger partial charge in [0.2, 0.25) is 0 Å². The smallest absolute Gasteiger partial charge is 0.310 e. The number of esters is 1. The zero-order valence-corrected chi connectivity index (χ0v) is 30.3. The van der Waals surface area contributed by atoms with Crippen LogP contribution in [0, 0.1) is 11.6 Å². The summed E-state index contributed by atoms with van der Waals surface area (Å²) in [5.74, 6) is -0.563. The second-order valence-electron chi connectivity index (χ2n) is 12.3. The van der Waals surface area contributed by atoms with Crippen molar-refractivity contribution < 1.29 is 46.5 Å². The maximum absolute atomic E-state index is 14.3. The van der Waals surface area contributed by atoms with Gasteiger partial charge in [0.25, 0.3) is 0 Å². The van der Waals surface area contributed by atoms with Gasteiger partial charge in [0, 0.05) is 54.1 Å². The quantitative estimate of drug-likeness (QED) is 0.151. The standard InChI is InChI=1S/C20H16BrFO4.C19H14BrFO4/c1-24-19(23)8-11-10-25-18-9-12(2-3-13(11)18)26-17-7-4-14-15(21)5-6-16(22)20(14)17;20-14-4-5-15(21)19-13(14)3-6-16(19)25-11-1-2-12-10(7-18(22)23)9-24-17(12)8-11/h2-3,5-6,9-10,17H,4,7-8H2,1H3;1-2,4-5,8-9,16H,3,6-7H2,(H,22,23)/t17-;16-/m11/s1. The summed E-state index contributed by atoms with van der Waals surface area (Å²) in [6.45, 7) is 0. The molecule has 0 aliphatic heterocycles. The average molecular weight is 824 g/mol. The zero-order chi connectivity index (χ0) is 35.8. The van der Waals surface area contributed by atoms with Gasteiger partial charge in [-0.2, -0.15) is 0 Å². The zero-order valence-electron chi connectivity index (χ0n) is 27.1. The molecule has 8 rings (SSSR count). The van der Waals surface area contributed by atoms with Crippen LogP contribution in [0.25, 0.3) is 21.9 Å². The van der Waals surface area contributed by atoms with E-state index in [2.05, 4.69) is 31.9 Å². The van der Waals surface area contributed by atoms with Crippen LogP contribution in [0.2, 0.25) is 0 Å². The Morgan fingerprint density at radius 1 is 0.745 bits per heavy atom. The molecule has 6 aromatic rings. The van der Waals surface area contributed by atoms with E-state index in [1.54, 1.807) is 42.7 Å². The molecule has 2 aromatic heterocycles. The lowest BCUT2D eigenvalue weighted by molar-refractivity contribution is -0.140. The minimum atomic E-state index is -0.911. The van der Waals surface area contributed by atoms with Crippen molar-refractivity contribution in [1.29, 1.82) is 0 Å². The number of ether oxygens (including phenoxy) is 3. The van der Waals surface area contributed by atoms with Crippen molar-refractivity contribution >= 4 is 65.7 Å². The second-order valence-corrected chi connectivity index (χ2v) is 14.0. The van der Waals surface area contributed by atoms with Crippen LogP contribution in [0.5, 0.6) is 11.5 Å².